The van der Waals surface area contributed by atoms with E-state index in [0.29, 0.717) is 13.0 Å². The molecule has 8 heteroatoms. The lowest BCUT2D eigenvalue weighted by Gasteiger charge is -2.15. The molecule has 26 heavy (non-hydrogen) atoms. The van der Waals surface area contributed by atoms with Crippen LogP contribution in [-0.2, 0) is 24.1 Å². The van der Waals surface area contributed by atoms with E-state index in [2.05, 4.69) is 11.1 Å². The number of ether oxygens (including phenoxy) is 2. The smallest absolute Gasteiger partial charge is 0.394 e. The second-order valence-electron chi connectivity index (χ2n) is 6.53. The van der Waals surface area contributed by atoms with Crippen molar-refractivity contribution in [1.29, 1.82) is 0 Å². The molecule has 0 saturated carbocycles. The molecule has 0 aromatic heterocycles. The van der Waals surface area contributed by atoms with E-state index in [-0.39, 0.29) is 26.4 Å². The first-order valence-electron chi connectivity index (χ1n) is 9.91. The molecule has 1 atom stereocenters. The minimum Gasteiger partial charge on any atom is -0.394 e. The van der Waals surface area contributed by atoms with Crippen LogP contribution in [0.1, 0.15) is 77.6 Å². The number of hydrogen-bond acceptors (Lipinski definition) is 6. The van der Waals surface area contributed by atoms with Gasteiger partial charge in [-0.3, -0.25) is 4.55 Å². The van der Waals surface area contributed by atoms with Gasteiger partial charge in [0.1, 0.15) is 6.10 Å². The first-order valence-corrected chi connectivity index (χ1v) is 11.3. The topological polar surface area (TPSA) is 102 Å². The quantitative estimate of drug-likeness (QED) is 0.239. The van der Waals surface area contributed by atoms with Gasteiger partial charge < -0.3 is 14.6 Å². The third-order valence-corrected chi connectivity index (χ3v) is 4.56. The second kappa shape index (κ2) is 18.1. The SMILES string of the molecule is CCCCCCCCCCCCC(COCCOCCO)OS(=O)(=O)O. The summed E-state index contributed by atoms with van der Waals surface area (Å²) >= 11 is 0. The van der Waals surface area contributed by atoms with Crippen LogP contribution >= 0.6 is 0 Å². The molecule has 0 radical (unpaired) electrons. The van der Waals surface area contributed by atoms with Gasteiger partial charge in [0.15, 0.2) is 0 Å². The van der Waals surface area contributed by atoms with Crippen molar-refractivity contribution in [3.8, 4) is 0 Å². The normalized spacial score (nSPS) is 13.2. The molecule has 0 aliphatic carbocycles. The molecule has 7 nitrogen and oxygen atoms in total. The Hall–Kier alpha value is -0.250. The minimum absolute atomic E-state index is 0.0484. The maximum Gasteiger partial charge on any atom is 0.397 e. The van der Waals surface area contributed by atoms with Crippen LogP contribution in [0.2, 0.25) is 0 Å². The Balaban J connectivity index is 3.74. The monoisotopic (exact) mass is 398 g/mol. The standard InChI is InChI=1S/C18H38O7S/c1-2-3-4-5-6-7-8-9-10-11-12-18(25-26(20,21)22)17-24-16-15-23-14-13-19/h18-19H,2-17H2,1H3,(H,20,21,22). The zero-order valence-corrected chi connectivity index (χ0v) is 17.1. The molecule has 0 saturated heterocycles. The fraction of sp³-hybridized carbons (Fsp3) is 1.00. The van der Waals surface area contributed by atoms with Crippen molar-refractivity contribution in [3.05, 3.63) is 0 Å². The van der Waals surface area contributed by atoms with Gasteiger partial charge in [0.2, 0.25) is 0 Å². The fourth-order valence-corrected chi connectivity index (χ4v) is 3.19. The first-order chi connectivity index (χ1) is 12.5. The molecule has 0 amide bonds. The largest absolute Gasteiger partial charge is 0.397 e. The van der Waals surface area contributed by atoms with E-state index in [1.54, 1.807) is 0 Å². The van der Waals surface area contributed by atoms with Gasteiger partial charge in [0.25, 0.3) is 0 Å². The number of aliphatic hydroxyl groups is 1. The van der Waals surface area contributed by atoms with Crippen LogP contribution in [0.3, 0.4) is 0 Å². The third kappa shape index (κ3) is 20.1. The van der Waals surface area contributed by atoms with E-state index in [4.69, 9.17) is 19.1 Å². The number of unbranched alkanes of at least 4 members (excludes halogenated alkanes) is 9. The molecule has 1 unspecified atom stereocenters. The zero-order valence-electron chi connectivity index (χ0n) is 16.2. The van der Waals surface area contributed by atoms with Crippen molar-refractivity contribution in [3.63, 3.8) is 0 Å². The molecule has 0 fully saturated rings. The van der Waals surface area contributed by atoms with E-state index < -0.39 is 16.5 Å². The lowest BCUT2D eigenvalue weighted by atomic mass is 10.0. The van der Waals surface area contributed by atoms with Crippen molar-refractivity contribution in [2.45, 2.75) is 83.7 Å². The van der Waals surface area contributed by atoms with Crippen LogP contribution in [0.4, 0.5) is 0 Å². The summed E-state index contributed by atoms with van der Waals surface area (Å²) in [7, 11) is -4.48. The maximum absolute atomic E-state index is 10.9. The molecular formula is C18H38O7S. The third-order valence-electron chi connectivity index (χ3n) is 4.05. The summed E-state index contributed by atoms with van der Waals surface area (Å²) in [5, 5.41) is 8.58. The van der Waals surface area contributed by atoms with Crippen LogP contribution in [0.25, 0.3) is 0 Å². The molecule has 0 aromatic rings. The van der Waals surface area contributed by atoms with E-state index in [1.807, 2.05) is 0 Å². The number of rotatable bonds is 20. The summed E-state index contributed by atoms with van der Waals surface area (Å²) in [4.78, 5) is 0. The second-order valence-corrected chi connectivity index (χ2v) is 7.58. The Bertz CT molecular complexity index is 387. The highest BCUT2D eigenvalue weighted by atomic mass is 32.3. The van der Waals surface area contributed by atoms with E-state index in [1.165, 1.54) is 44.9 Å². The van der Waals surface area contributed by atoms with E-state index in [9.17, 15) is 8.42 Å². The highest BCUT2D eigenvalue weighted by molar-refractivity contribution is 7.80. The van der Waals surface area contributed by atoms with Crippen LogP contribution in [0, 0.1) is 0 Å². The van der Waals surface area contributed by atoms with Crippen LogP contribution < -0.4 is 0 Å². The Morgan fingerprint density at radius 1 is 0.808 bits per heavy atom. The van der Waals surface area contributed by atoms with Crippen molar-refractivity contribution >= 4 is 10.4 Å². The van der Waals surface area contributed by atoms with Gasteiger partial charge in [-0.25, -0.2) is 4.18 Å². The van der Waals surface area contributed by atoms with Crippen LogP contribution in [-0.4, -0.2) is 57.2 Å². The molecule has 0 spiro atoms. The summed E-state index contributed by atoms with van der Waals surface area (Å²) < 4.78 is 45.8. The van der Waals surface area contributed by atoms with Crippen LogP contribution in [0.5, 0.6) is 0 Å². The Morgan fingerprint density at radius 2 is 1.35 bits per heavy atom. The van der Waals surface area contributed by atoms with Gasteiger partial charge in [0, 0.05) is 0 Å². The molecule has 0 rings (SSSR count). The first kappa shape index (κ1) is 25.8. The molecule has 0 aliphatic heterocycles. The lowest BCUT2D eigenvalue weighted by Crippen LogP contribution is -2.24. The van der Waals surface area contributed by atoms with Gasteiger partial charge in [-0.05, 0) is 6.42 Å². The predicted octanol–water partition coefficient (Wildman–Crippen LogP) is 3.51. The fourth-order valence-electron chi connectivity index (χ4n) is 2.69. The highest BCUT2D eigenvalue weighted by Gasteiger charge is 2.17. The van der Waals surface area contributed by atoms with Crippen molar-refractivity contribution in [1.82, 2.24) is 0 Å². The molecule has 0 aliphatic rings. The lowest BCUT2D eigenvalue weighted by molar-refractivity contribution is 0.00140. The Labute approximate surface area is 159 Å². The maximum atomic E-state index is 10.9. The van der Waals surface area contributed by atoms with Gasteiger partial charge in [-0.15, -0.1) is 0 Å². The predicted molar refractivity (Wildman–Crippen MR) is 102 cm³/mol. The molecular weight excluding hydrogens is 360 g/mol. The molecule has 0 heterocycles. The zero-order chi connectivity index (χ0) is 19.5. The average Bonchev–Trinajstić information content (AvgIpc) is 2.58. The minimum atomic E-state index is -4.48. The summed E-state index contributed by atoms with van der Waals surface area (Å²) in [6.45, 7) is 3.09. The summed E-state index contributed by atoms with van der Waals surface area (Å²) in [5.41, 5.74) is 0. The molecule has 0 bridgehead atoms. The molecule has 2 N–H and O–H groups in total. The Kier molecular flexibility index (Phi) is 18.0. The molecule has 0 aromatic carbocycles. The van der Waals surface area contributed by atoms with Crippen molar-refractivity contribution in [2.24, 2.45) is 0 Å². The van der Waals surface area contributed by atoms with E-state index >= 15 is 0 Å². The van der Waals surface area contributed by atoms with Gasteiger partial charge in [0.05, 0.1) is 33.0 Å². The molecule has 158 valence electrons. The average molecular weight is 399 g/mol. The summed E-state index contributed by atoms with van der Waals surface area (Å²) in [6.07, 6.45) is 11.8. The highest BCUT2D eigenvalue weighted by Crippen LogP contribution is 2.14. The Morgan fingerprint density at radius 3 is 1.88 bits per heavy atom. The van der Waals surface area contributed by atoms with Gasteiger partial charge in [-0.2, -0.15) is 8.42 Å². The summed E-state index contributed by atoms with van der Waals surface area (Å²) in [6, 6.07) is 0. The van der Waals surface area contributed by atoms with Crippen LogP contribution in [0.15, 0.2) is 0 Å². The van der Waals surface area contributed by atoms with E-state index in [0.717, 1.165) is 19.3 Å². The van der Waals surface area contributed by atoms with Gasteiger partial charge >= 0.3 is 10.4 Å². The number of hydrogen-bond donors (Lipinski definition) is 2. The number of aliphatic hydroxyl groups excluding tert-OH is 1. The van der Waals surface area contributed by atoms with Gasteiger partial charge in [-0.1, -0.05) is 71.1 Å². The van der Waals surface area contributed by atoms with Crippen molar-refractivity contribution in [2.75, 3.05) is 33.0 Å². The summed E-state index contributed by atoms with van der Waals surface area (Å²) in [5.74, 6) is 0. The van der Waals surface area contributed by atoms with Crippen molar-refractivity contribution < 1.29 is 31.7 Å².